The van der Waals surface area contributed by atoms with Crippen LogP contribution in [0, 0.1) is 5.92 Å². The topological polar surface area (TPSA) is 29.0 Å². The normalized spacial score (nSPS) is 25.4. The SMILES string of the molecule is CC1CCCC(N(C)c2cncc(Cl)n2)C1. The second-order valence-electron chi connectivity index (χ2n) is 4.74. The fraction of sp³-hybridized carbons (Fsp3) is 0.667. The number of hydrogen-bond donors (Lipinski definition) is 0. The molecule has 4 heteroatoms. The molecule has 0 spiro atoms. The Balaban J connectivity index is 2.09. The van der Waals surface area contributed by atoms with Crippen LogP contribution in [0.2, 0.25) is 5.15 Å². The zero-order chi connectivity index (χ0) is 11.5. The highest BCUT2D eigenvalue weighted by Crippen LogP contribution is 2.28. The second-order valence-corrected chi connectivity index (χ2v) is 5.12. The number of hydrogen-bond acceptors (Lipinski definition) is 3. The van der Waals surface area contributed by atoms with Gasteiger partial charge in [-0.15, -0.1) is 0 Å². The van der Waals surface area contributed by atoms with Gasteiger partial charge in [0.15, 0.2) is 0 Å². The van der Waals surface area contributed by atoms with Crippen molar-refractivity contribution >= 4 is 17.4 Å². The minimum atomic E-state index is 0.466. The third-order valence-corrected chi connectivity index (χ3v) is 3.59. The van der Waals surface area contributed by atoms with E-state index in [0.717, 1.165) is 11.7 Å². The van der Waals surface area contributed by atoms with E-state index in [1.807, 2.05) is 0 Å². The van der Waals surface area contributed by atoms with E-state index in [4.69, 9.17) is 11.6 Å². The molecule has 0 aliphatic heterocycles. The lowest BCUT2D eigenvalue weighted by atomic mass is 9.86. The van der Waals surface area contributed by atoms with Crippen LogP contribution in [0.4, 0.5) is 5.82 Å². The predicted molar refractivity (Wildman–Crippen MR) is 66.9 cm³/mol. The first kappa shape index (κ1) is 11.6. The molecule has 0 saturated heterocycles. The molecule has 1 aromatic rings. The molecule has 3 nitrogen and oxygen atoms in total. The molecule has 0 bridgehead atoms. The third kappa shape index (κ3) is 2.64. The summed E-state index contributed by atoms with van der Waals surface area (Å²) in [6, 6.07) is 0.580. The average molecular weight is 240 g/mol. The summed E-state index contributed by atoms with van der Waals surface area (Å²) >= 11 is 5.86. The summed E-state index contributed by atoms with van der Waals surface area (Å²) in [7, 11) is 2.09. The molecule has 16 heavy (non-hydrogen) atoms. The summed E-state index contributed by atoms with van der Waals surface area (Å²) in [5.41, 5.74) is 0. The Morgan fingerprint density at radius 1 is 1.38 bits per heavy atom. The number of aromatic nitrogens is 2. The van der Waals surface area contributed by atoms with E-state index < -0.39 is 0 Å². The van der Waals surface area contributed by atoms with Crippen molar-refractivity contribution < 1.29 is 0 Å². The first-order valence-electron chi connectivity index (χ1n) is 5.87. The average Bonchev–Trinajstić information content (AvgIpc) is 2.28. The lowest BCUT2D eigenvalue weighted by Crippen LogP contribution is -2.36. The molecule has 1 aliphatic carbocycles. The molecule has 1 saturated carbocycles. The lowest BCUT2D eigenvalue weighted by molar-refractivity contribution is 0.335. The zero-order valence-electron chi connectivity index (χ0n) is 9.86. The van der Waals surface area contributed by atoms with Crippen LogP contribution < -0.4 is 4.90 Å². The molecule has 0 aromatic carbocycles. The van der Waals surface area contributed by atoms with Gasteiger partial charge in [-0.25, -0.2) is 4.98 Å². The van der Waals surface area contributed by atoms with Gasteiger partial charge in [-0.05, 0) is 18.8 Å². The van der Waals surface area contributed by atoms with E-state index in [9.17, 15) is 0 Å². The Kier molecular flexibility index (Phi) is 3.64. The Hall–Kier alpha value is -0.830. The van der Waals surface area contributed by atoms with Crippen molar-refractivity contribution in [3.05, 3.63) is 17.5 Å². The van der Waals surface area contributed by atoms with Crippen molar-refractivity contribution in [2.75, 3.05) is 11.9 Å². The van der Waals surface area contributed by atoms with Gasteiger partial charge in [0.25, 0.3) is 0 Å². The van der Waals surface area contributed by atoms with Crippen molar-refractivity contribution in [3.63, 3.8) is 0 Å². The highest BCUT2D eigenvalue weighted by molar-refractivity contribution is 6.29. The minimum Gasteiger partial charge on any atom is -0.355 e. The molecule has 1 aliphatic rings. The molecule has 0 radical (unpaired) electrons. The number of rotatable bonds is 2. The van der Waals surface area contributed by atoms with E-state index in [1.165, 1.54) is 25.7 Å². The van der Waals surface area contributed by atoms with Crippen LogP contribution in [0.15, 0.2) is 12.4 Å². The van der Waals surface area contributed by atoms with Crippen molar-refractivity contribution in [2.45, 2.75) is 38.6 Å². The molecular weight excluding hydrogens is 222 g/mol. The predicted octanol–water partition coefficient (Wildman–Crippen LogP) is 3.14. The van der Waals surface area contributed by atoms with Crippen LogP contribution in [0.3, 0.4) is 0 Å². The van der Waals surface area contributed by atoms with Crippen LogP contribution in [-0.2, 0) is 0 Å². The van der Waals surface area contributed by atoms with Gasteiger partial charge in [0.2, 0.25) is 0 Å². The number of nitrogens with zero attached hydrogens (tertiary/aromatic N) is 3. The molecule has 2 atom stereocenters. The molecule has 1 fully saturated rings. The molecule has 2 rings (SSSR count). The van der Waals surface area contributed by atoms with E-state index in [-0.39, 0.29) is 0 Å². The standard InChI is InChI=1S/C12H18ClN3/c1-9-4-3-5-10(6-9)16(2)12-8-14-7-11(13)15-12/h7-10H,3-6H2,1-2H3. The number of halogens is 1. The Morgan fingerprint density at radius 2 is 2.19 bits per heavy atom. The fourth-order valence-electron chi connectivity index (χ4n) is 2.44. The Labute approximate surface area is 102 Å². The molecule has 1 aromatic heterocycles. The summed E-state index contributed by atoms with van der Waals surface area (Å²) in [6.45, 7) is 2.32. The fourth-order valence-corrected chi connectivity index (χ4v) is 2.59. The van der Waals surface area contributed by atoms with Gasteiger partial charge in [0, 0.05) is 13.1 Å². The van der Waals surface area contributed by atoms with Crippen molar-refractivity contribution in [3.8, 4) is 0 Å². The summed E-state index contributed by atoms with van der Waals surface area (Å²) in [5, 5.41) is 0.466. The summed E-state index contributed by atoms with van der Waals surface area (Å²) in [6.07, 6.45) is 8.50. The van der Waals surface area contributed by atoms with E-state index in [1.54, 1.807) is 12.4 Å². The van der Waals surface area contributed by atoms with Gasteiger partial charge in [-0.2, -0.15) is 0 Å². The maximum Gasteiger partial charge on any atom is 0.149 e. The molecule has 1 heterocycles. The van der Waals surface area contributed by atoms with Gasteiger partial charge < -0.3 is 4.90 Å². The lowest BCUT2D eigenvalue weighted by Gasteiger charge is -2.34. The smallest absolute Gasteiger partial charge is 0.149 e. The highest BCUT2D eigenvalue weighted by Gasteiger charge is 2.23. The van der Waals surface area contributed by atoms with Gasteiger partial charge in [0.1, 0.15) is 11.0 Å². The van der Waals surface area contributed by atoms with Crippen molar-refractivity contribution in [1.29, 1.82) is 0 Å². The van der Waals surface area contributed by atoms with Gasteiger partial charge in [-0.3, -0.25) is 4.98 Å². The van der Waals surface area contributed by atoms with E-state index in [0.29, 0.717) is 11.2 Å². The quantitative estimate of drug-likeness (QED) is 0.794. The summed E-state index contributed by atoms with van der Waals surface area (Å²) in [4.78, 5) is 10.6. The van der Waals surface area contributed by atoms with Crippen LogP contribution in [-0.4, -0.2) is 23.1 Å². The second kappa shape index (κ2) is 5.00. The van der Waals surface area contributed by atoms with Gasteiger partial charge in [-0.1, -0.05) is 31.4 Å². The largest absolute Gasteiger partial charge is 0.355 e. The van der Waals surface area contributed by atoms with E-state index >= 15 is 0 Å². The first-order valence-corrected chi connectivity index (χ1v) is 6.25. The Bertz CT molecular complexity index is 356. The van der Waals surface area contributed by atoms with Crippen molar-refractivity contribution in [2.24, 2.45) is 5.92 Å². The highest BCUT2D eigenvalue weighted by atomic mass is 35.5. The molecule has 0 amide bonds. The summed E-state index contributed by atoms with van der Waals surface area (Å²) < 4.78 is 0. The van der Waals surface area contributed by atoms with E-state index in [2.05, 4.69) is 28.8 Å². The molecule has 88 valence electrons. The zero-order valence-corrected chi connectivity index (χ0v) is 10.6. The third-order valence-electron chi connectivity index (χ3n) is 3.41. The minimum absolute atomic E-state index is 0.466. The van der Waals surface area contributed by atoms with Crippen molar-refractivity contribution in [1.82, 2.24) is 9.97 Å². The maximum absolute atomic E-state index is 5.86. The van der Waals surface area contributed by atoms with Crippen LogP contribution in [0.25, 0.3) is 0 Å². The summed E-state index contributed by atoms with van der Waals surface area (Å²) in [5.74, 6) is 1.69. The van der Waals surface area contributed by atoms with Gasteiger partial charge >= 0.3 is 0 Å². The number of anilines is 1. The molecule has 0 N–H and O–H groups in total. The van der Waals surface area contributed by atoms with Crippen LogP contribution >= 0.6 is 11.6 Å². The monoisotopic (exact) mass is 239 g/mol. The Morgan fingerprint density at radius 3 is 2.88 bits per heavy atom. The van der Waals surface area contributed by atoms with Gasteiger partial charge in [0.05, 0.1) is 12.4 Å². The molecular formula is C12H18ClN3. The first-order chi connectivity index (χ1) is 7.66. The molecule has 2 unspecified atom stereocenters. The van der Waals surface area contributed by atoms with Crippen LogP contribution in [0.1, 0.15) is 32.6 Å². The van der Waals surface area contributed by atoms with Crippen LogP contribution in [0.5, 0.6) is 0 Å². The maximum atomic E-state index is 5.86.